The molecule has 0 saturated carbocycles. The van der Waals surface area contributed by atoms with E-state index in [1.54, 1.807) is 19.1 Å². The van der Waals surface area contributed by atoms with Gasteiger partial charge in [-0.3, -0.25) is 14.4 Å². The van der Waals surface area contributed by atoms with E-state index < -0.39 is 17.9 Å². The standard InChI is InChI=1S/C33H44N4O8/c1-7-24(13-15-28(44-5)23(3)34-33(43)35-26-11-9-8-10-22(26)2)19-30(39)36(4)21-31(40)37(17-16-32(41)42)20-25-12-14-27(38)29(18-25)45-6/h8-14,18,38H,7,15-17,19-21H2,1-6H3,(H,41,42)(H2,34,35,43)/b24-13+,28-23-. The zero-order chi connectivity index (χ0) is 33.5. The number of hydrogen-bond donors (Lipinski definition) is 4. The lowest BCUT2D eigenvalue weighted by atomic mass is 10.1. The molecular weight excluding hydrogens is 580 g/mol. The molecule has 244 valence electrons. The first-order valence-corrected chi connectivity index (χ1v) is 14.5. The number of rotatable bonds is 16. The average molecular weight is 625 g/mol. The highest BCUT2D eigenvalue weighted by molar-refractivity contribution is 5.91. The number of likely N-dealkylation sites (N-methyl/N-ethyl adjacent to an activating group) is 1. The van der Waals surface area contributed by atoms with Crippen LogP contribution in [0.15, 0.2) is 65.6 Å². The Hall–Kier alpha value is -5.00. The number of carboxylic acid groups (broad SMARTS) is 1. The number of methoxy groups -OCH3 is 2. The summed E-state index contributed by atoms with van der Waals surface area (Å²) in [5.41, 5.74) is 3.61. The van der Waals surface area contributed by atoms with E-state index in [1.165, 1.54) is 37.1 Å². The largest absolute Gasteiger partial charge is 0.504 e. The minimum atomic E-state index is -1.06. The lowest BCUT2D eigenvalue weighted by Crippen LogP contribution is -2.41. The fraction of sp³-hybridized carbons (Fsp3) is 0.394. The predicted molar refractivity (Wildman–Crippen MR) is 171 cm³/mol. The Bertz CT molecular complexity index is 1420. The van der Waals surface area contributed by atoms with Crippen molar-refractivity contribution in [2.45, 2.75) is 53.0 Å². The number of aliphatic carboxylic acids is 1. The van der Waals surface area contributed by atoms with Crippen LogP contribution in [0.25, 0.3) is 0 Å². The van der Waals surface area contributed by atoms with Crippen LogP contribution in [0.5, 0.6) is 11.5 Å². The summed E-state index contributed by atoms with van der Waals surface area (Å²) in [6, 6.07) is 11.6. The van der Waals surface area contributed by atoms with Crippen LogP contribution in [0.2, 0.25) is 0 Å². The van der Waals surface area contributed by atoms with Crippen molar-refractivity contribution in [3.8, 4) is 11.5 Å². The smallest absolute Gasteiger partial charge is 0.323 e. The summed E-state index contributed by atoms with van der Waals surface area (Å²) in [6.07, 6.45) is 2.60. The van der Waals surface area contributed by atoms with Crippen LogP contribution in [-0.4, -0.2) is 78.2 Å². The van der Waals surface area contributed by atoms with Crippen molar-refractivity contribution < 1.29 is 38.9 Å². The molecule has 0 heterocycles. The third kappa shape index (κ3) is 11.9. The van der Waals surface area contributed by atoms with Crippen molar-refractivity contribution in [2.24, 2.45) is 0 Å². The van der Waals surface area contributed by atoms with E-state index in [9.17, 15) is 29.4 Å². The fourth-order valence-electron chi connectivity index (χ4n) is 4.36. The van der Waals surface area contributed by atoms with Gasteiger partial charge in [0.25, 0.3) is 0 Å². The van der Waals surface area contributed by atoms with Gasteiger partial charge in [0.1, 0.15) is 5.76 Å². The van der Waals surface area contributed by atoms with E-state index in [-0.39, 0.29) is 49.9 Å². The Morgan fingerprint density at radius 2 is 1.76 bits per heavy atom. The Morgan fingerprint density at radius 1 is 1.04 bits per heavy atom. The Kier molecular flexibility index (Phi) is 14.4. The summed E-state index contributed by atoms with van der Waals surface area (Å²) in [6.45, 7) is 5.32. The number of ether oxygens (including phenoxy) is 2. The number of amides is 4. The van der Waals surface area contributed by atoms with Gasteiger partial charge in [-0.25, -0.2) is 4.79 Å². The number of carbonyl (C=O) groups is 4. The number of urea groups is 1. The van der Waals surface area contributed by atoms with Gasteiger partial charge in [-0.15, -0.1) is 0 Å². The lowest BCUT2D eigenvalue weighted by Gasteiger charge is -2.26. The summed E-state index contributed by atoms with van der Waals surface area (Å²) < 4.78 is 10.6. The van der Waals surface area contributed by atoms with Crippen LogP contribution < -0.4 is 15.4 Å². The summed E-state index contributed by atoms with van der Waals surface area (Å²) in [5, 5.41) is 24.6. The molecule has 0 aliphatic heterocycles. The zero-order valence-corrected chi connectivity index (χ0v) is 26.8. The number of carboxylic acids is 1. The maximum Gasteiger partial charge on any atom is 0.323 e. The van der Waals surface area contributed by atoms with E-state index in [4.69, 9.17) is 9.47 Å². The van der Waals surface area contributed by atoms with Gasteiger partial charge in [0.2, 0.25) is 11.8 Å². The number of para-hydroxylation sites is 1. The highest BCUT2D eigenvalue weighted by Gasteiger charge is 2.21. The van der Waals surface area contributed by atoms with E-state index in [0.29, 0.717) is 35.5 Å². The number of carbonyl (C=O) groups excluding carboxylic acids is 3. The topological polar surface area (TPSA) is 158 Å². The number of nitrogens with zero attached hydrogens (tertiary/aromatic N) is 2. The van der Waals surface area contributed by atoms with Crippen molar-refractivity contribution in [1.29, 1.82) is 0 Å². The summed E-state index contributed by atoms with van der Waals surface area (Å²) in [4.78, 5) is 52.7. The molecule has 45 heavy (non-hydrogen) atoms. The molecule has 4 amide bonds. The number of phenolic OH excluding ortho intramolecular Hbond substituents is 1. The van der Waals surface area contributed by atoms with Crippen LogP contribution in [0.1, 0.15) is 50.7 Å². The molecule has 0 fully saturated rings. The van der Waals surface area contributed by atoms with Crippen LogP contribution in [0.3, 0.4) is 0 Å². The molecule has 0 saturated heterocycles. The molecule has 0 aromatic heterocycles. The molecule has 0 spiro atoms. The molecule has 2 rings (SSSR count). The van der Waals surface area contributed by atoms with Gasteiger partial charge in [0.15, 0.2) is 11.5 Å². The molecule has 2 aromatic carbocycles. The summed E-state index contributed by atoms with van der Waals surface area (Å²) >= 11 is 0. The number of allylic oxidation sites excluding steroid dienone is 2. The quantitative estimate of drug-likeness (QED) is 0.153. The molecule has 0 aliphatic carbocycles. The third-order valence-electron chi connectivity index (χ3n) is 7.13. The van der Waals surface area contributed by atoms with Gasteiger partial charge in [-0.05, 0) is 49.6 Å². The van der Waals surface area contributed by atoms with E-state index in [1.807, 2.05) is 44.2 Å². The molecule has 0 unspecified atom stereocenters. The number of hydrogen-bond acceptors (Lipinski definition) is 7. The third-order valence-corrected chi connectivity index (χ3v) is 7.13. The number of benzene rings is 2. The van der Waals surface area contributed by atoms with Crippen LogP contribution in [0.4, 0.5) is 10.5 Å². The Morgan fingerprint density at radius 3 is 2.38 bits per heavy atom. The van der Waals surface area contributed by atoms with Crippen molar-refractivity contribution in [2.75, 3.05) is 39.7 Å². The molecule has 0 bridgehead atoms. The summed E-state index contributed by atoms with van der Waals surface area (Å²) in [7, 11) is 4.44. The number of aromatic hydroxyl groups is 1. The Balaban J connectivity index is 2.04. The van der Waals surface area contributed by atoms with Gasteiger partial charge in [-0.1, -0.05) is 42.8 Å². The molecule has 4 N–H and O–H groups in total. The number of aryl methyl sites for hydroxylation is 1. The number of nitrogens with one attached hydrogen (secondary N) is 2. The van der Waals surface area contributed by atoms with E-state index >= 15 is 0 Å². The van der Waals surface area contributed by atoms with Crippen molar-refractivity contribution in [3.05, 3.63) is 76.7 Å². The summed E-state index contributed by atoms with van der Waals surface area (Å²) in [5.74, 6) is -1.06. The first kappa shape index (κ1) is 36.2. The monoisotopic (exact) mass is 624 g/mol. The van der Waals surface area contributed by atoms with Crippen molar-refractivity contribution >= 4 is 29.5 Å². The second-order valence-corrected chi connectivity index (χ2v) is 10.5. The van der Waals surface area contributed by atoms with Gasteiger partial charge >= 0.3 is 12.0 Å². The van der Waals surface area contributed by atoms with Gasteiger partial charge < -0.3 is 40.1 Å². The zero-order valence-electron chi connectivity index (χ0n) is 26.8. The first-order valence-electron chi connectivity index (χ1n) is 14.5. The fourth-order valence-corrected chi connectivity index (χ4v) is 4.36. The molecule has 0 atom stereocenters. The normalized spacial score (nSPS) is 11.6. The van der Waals surface area contributed by atoms with Crippen molar-refractivity contribution in [3.63, 3.8) is 0 Å². The minimum Gasteiger partial charge on any atom is -0.504 e. The van der Waals surface area contributed by atoms with Crippen LogP contribution >= 0.6 is 0 Å². The van der Waals surface area contributed by atoms with Gasteiger partial charge in [0.05, 0.1) is 32.9 Å². The predicted octanol–water partition coefficient (Wildman–Crippen LogP) is 4.79. The molecular formula is C33H44N4O8. The van der Waals surface area contributed by atoms with Gasteiger partial charge in [-0.2, -0.15) is 0 Å². The van der Waals surface area contributed by atoms with E-state index in [0.717, 1.165) is 11.1 Å². The highest BCUT2D eigenvalue weighted by atomic mass is 16.5. The minimum absolute atomic E-state index is 0.0536. The molecule has 12 nitrogen and oxygen atoms in total. The first-order chi connectivity index (χ1) is 21.4. The van der Waals surface area contributed by atoms with Crippen molar-refractivity contribution in [1.82, 2.24) is 15.1 Å². The second kappa shape index (κ2) is 18.0. The highest BCUT2D eigenvalue weighted by Crippen LogP contribution is 2.27. The van der Waals surface area contributed by atoms with E-state index in [2.05, 4.69) is 10.6 Å². The lowest BCUT2D eigenvalue weighted by molar-refractivity contribution is -0.141. The molecule has 0 aliphatic rings. The number of anilines is 1. The van der Waals surface area contributed by atoms with Gasteiger partial charge in [0, 0.05) is 38.7 Å². The maximum absolute atomic E-state index is 13.2. The van der Waals surface area contributed by atoms with Crippen LogP contribution in [-0.2, 0) is 25.7 Å². The Labute approximate surface area is 264 Å². The molecule has 12 heteroatoms. The van der Waals surface area contributed by atoms with Crippen LogP contribution in [0, 0.1) is 6.92 Å². The molecule has 2 aromatic rings. The molecule has 0 radical (unpaired) electrons. The maximum atomic E-state index is 13.2. The number of phenols is 1. The second-order valence-electron chi connectivity index (χ2n) is 10.5. The SMILES string of the molecule is CC/C(=C\C/C(OC)=C(\C)NC(=O)Nc1ccccc1C)CC(=O)N(C)CC(=O)N(CCC(=O)O)Cc1ccc(O)c(OC)c1. The average Bonchev–Trinajstić information content (AvgIpc) is 3.00.